The molecule has 0 spiro atoms. The van der Waals surface area contributed by atoms with Gasteiger partial charge in [-0.1, -0.05) is 13.3 Å². The molecule has 1 aliphatic carbocycles. The summed E-state index contributed by atoms with van der Waals surface area (Å²) in [6.45, 7) is 3.13. The SMILES string of the molecule is CC1CCCC(C#N)(NC(=O)c2ccc3c(c2)OCCO3)C1. The first-order valence-electron chi connectivity index (χ1n) is 7.75. The molecule has 3 rings (SSSR count). The maximum Gasteiger partial charge on any atom is 0.252 e. The van der Waals surface area contributed by atoms with Crippen molar-refractivity contribution in [1.29, 1.82) is 5.26 Å². The van der Waals surface area contributed by atoms with E-state index >= 15 is 0 Å². The zero-order valence-electron chi connectivity index (χ0n) is 12.7. The first-order valence-corrected chi connectivity index (χ1v) is 7.75. The van der Waals surface area contributed by atoms with Crippen molar-refractivity contribution in [2.24, 2.45) is 5.92 Å². The molecule has 1 saturated carbocycles. The quantitative estimate of drug-likeness (QED) is 0.911. The number of carbonyl (C=O) groups excluding carboxylic acids is 1. The molecule has 2 atom stereocenters. The highest BCUT2D eigenvalue weighted by atomic mass is 16.6. The Hall–Kier alpha value is -2.22. The largest absolute Gasteiger partial charge is 0.486 e. The fraction of sp³-hybridized carbons (Fsp3) is 0.529. The van der Waals surface area contributed by atoms with Crippen molar-refractivity contribution in [3.63, 3.8) is 0 Å². The Labute approximate surface area is 130 Å². The summed E-state index contributed by atoms with van der Waals surface area (Å²) in [5, 5.41) is 12.5. The lowest BCUT2D eigenvalue weighted by atomic mass is 9.77. The van der Waals surface area contributed by atoms with E-state index in [0.29, 0.717) is 49.0 Å². The van der Waals surface area contributed by atoms with Gasteiger partial charge in [-0.15, -0.1) is 0 Å². The summed E-state index contributed by atoms with van der Waals surface area (Å²) in [4.78, 5) is 12.5. The summed E-state index contributed by atoms with van der Waals surface area (Å²) in [5.41, 5.74) is -0.251. The highest BCUT2D eigenvalue weighted by molar-refractivity contribution is 5.95. The van der Waals surface area contributed by atoms with E-state index in [1.54, 1.807) is 18.2 Å². The van der Waals surface area contributed by atoms with Crippen LogP contribution in [0.3, 0.4) is 0 Å². The molecule has 2 aliphatic rings. The van der Waals surface area contributed by atoms with Gasteiger partial charge >= 0.3 is 0 Å². The van der Waals surface area contributed by atoms with Gasteiger partial charge < -0.3 is 14.8 Å². The summed E-state index contributed by atoms with van der Waals surface area (Å²) < 4.78 is 11.0. The Kier molecular flexibility index (Phi) is 3.93. The fourth-order valence-electron chi connectivity index (χ4n) is 3.27. The van der Waals surface area contributed by atoms with E-state index in [0.717, 1.165) is 12.8 Å². The topological polar surface area (TPSA) is 71.4 Å². The normalized spacial score (nSPS) is 26.8. The van der Waals surface area contributed by atoms with Gasteiger partial charge in [0.15, 0.2) is 11.5 Å². The number of benzene rings is 1. The van der Waals surface area contributed by atoms with Gasteiger partial charge in [-0.3, -0.25) is 4.79 Å². The molecule has 1 N–H and O–H groups in total. The third-order valence-electron chi connectivity index (χ3n) is 4.37. The number of rotatable bonds is 2. The molecule has 1 amide bonds. The number of fused-ring (bicyclic) bond motifs is 1. The van der Waals surface area contributed by atoms with Crippen LogP contribution < -0.4 is 14.8 Å². The Bertz CT molecular complexity index is 623. The minimum Gasteiger partial charge on any atom is -0.486 e. The molecule has 116 valence electrons. The maximum atomic E-state index is 12.5. The van der Waals surface area contributed by atoms with Gasteiger partial charge in [0.1, 0.15) is 18.8 Å². The number of amides is 1. The molecular weight excluding hydrogens is 280 g/mol. The summed E-state index contributed by atoms with van der Waals surface area (Å²) in [6, 6.07) is 7.46. The molecule has 1 aromatic carbocycles. The van der Waals surface area contributed by atoms with E-state index in [-0.39, 0.29) is 5.91 Å². The second kappa shape index (κ2) is 5.88. The van der Waals surface area contributed by atoms with Crippen molar-refractivity contribution < 1.29 is 14.3 Å². The predicted octanol–water partition coefficient (Wildman–Crippen LogP) is 2.66. The average Bonchev–Trinajstić information content (AvgIpc) is 2.54. The van der Waals surface area contributed by atoms with E-state index in [4.69, 9.17) is 9.47 Å². The summed E-state index contributed by atoms with van der Waals surface area (Å²) >= 11 is 0. The lowest BCUT2D eigenvalue weighted by molar-refractivity contribution is 0.0889. The molecule has 0 saturated heterocycles. The van der Waals surface area contributed by atoms with Crippen LogP contribution >= 0.6 is 0 Å². The lowest BCUT2D eigenvalue weighted by Crippen LogP contribution is -2.50. The molecular formula is C17H20N2O3. The number of hydrogen-bond acceptors (Lipinski definition) is 4. The molecule has 0 bridgehead atoms. The number of carbonyl (C=O) groups is 1. The van der Waals surface area contributed by atoms with E-state index in [1.165, 1.54) is 0 Å². The first kappa shape index (κ1) is 14.7. The van der Waals surface area contributed by atoms with Gasteiger partial charge in [0.2, 0.25) is 0 Å². The average molecular weight is 300 g/mol. The standard InChI is InChI=1S/C17H20N2O3/c1-12-3-2-6-17(10-12,11-18)19-16(20)13-4-5-14-15(9-13)22-8-7-21-14/h4-5,9,12H,2-3,6-8,10H2,1H3,(H,19,20). The molecule has 5 heteroatoms. The van der Waals surface area contributed by atoms with Crippen LogP contribution in [0.1, 0.15) is 43.0 Å². The number of nitrogens with one attached hydrogen (secondary N) is 1. The molecule has 2 unspecified atom stereocenters. The highest BCUT2D eigenvalue weighted by Gasteiger charge is 2.36. The van der Waals surface area contributed by atoms with Crippen LogP contribution in [0.15, 0.2) is 18.2 Å². The summed E-state index contributed by atoms with van der Waals surface area (Å²) in [7, 11) is 0. The van der Waals surface area contributed by atoms with Gasteiger partial charge in [0, 0.05) is 5.56 Å². The van der Waals surface area contributed by atoms with E-state index < -0.39 is 5.54 Å². The van der Waals surface area contributed by atoms with Crippen LogP contribution in [-0.2, 0) is 0 Å². The van der Waals surface area contributed by atoms with E-state index in [9.17, 15) is 10.1 Å². The Morgan fingerprint density at radius 1 is 1.36 bits per heavy atom. The van der Waals surface area contributed by atoms with Crippen molar-refractivity contribution in [1.82, 2.24) is 5.32 Å². The van der Waals surface area contributed by atoms with Crippen LogP contribution in [0.5, 0.6) is 11.5 Å². The van der Waals surface area contributed by atoms with E-state index in [2.05, 4.69) is 18.3 Å². The number of nitrogens with zero attached hydrogens (tertiary/aromatic N) is 1. The molecule has 0 radical (unpaired) electrons. The van der Waals surface area contributed by atoms with Crippen molar-refractivity contribution in [2.45, 2.75) is 38.1 Å². The molecule has 1 heterocycles. The Morgan fingerprint density at radius 3 is 2.86 bits per heavy atom. The summed E-state index contributed by atoms with van der Waals surface area (Å²) in [5.74, 6) is 1.47. The van der Waals surface area contributed by atoms with Gasteiger partial charge in [-0.2, -0.15) is 5.26 Å². The Morgan fingerprint density at radius 2 is 2.14 bits per heavy atom. The van der Waals surface area contributed by atoms with Crippen LogP contribution in [0.25, 0.3) is 0 Å². The summed E-state index contributed by atoms with van der Waals surface area (Å²) in [6.07, 6.45) is 3.50. The van der Waals surface area contributed by atoms with Gasteiger partial charge in [-0.05, 0) is 43.4 Å². The maximum absolute atomic E-state index is 12.5. The zero-order chi connectivity index (χ0) is 15.6. The first-order chi connectivity index (χ1) is 10.6. The number of ether oxygens (including phenoxy) is 2. The van der Waals surface area contributed by atoms with Crippen molar-refractivity contribution >= 4 is 5.91 Å². The second-order valence-electron chi connectivity index (χ2n) is 6.21. The monoisotopic (exact) mass is 300 g/mol. The third-order valence-corrected chi connectivity index (χ3v) is 4.37. The minimum absolute atomic E-state index is 0.229. The van der Waals surface area contributed by atoms with Crippen LogP contribution in [0, 0.1) is 17.2 Å². The van der Waals surface area contributed by atoms with Crippen molar-refractivity contribution in [2.75, 3.05) is 13.2 Å². The number of hydrogen-bond donors (Lipinski definition) is 1. The highest BCUT2D eigenvalue weighted by Crippen LogP contribution is 2.33. The molecule has 1 aliphatic heterocycles. The van der Waals surface area contributed by atoms with Gasteiger partial charge in [0.25, 0.3) is 5.91 Å². The number of nitriles is 1. The van der Waals surface area contributed by atoms with Gasteiger partial charge in [-0.25, -0.2) is 0 Å². The molecule has 1 fully saturated rings. The minimum atomic E-state index is -0.748. The van der Waals surface area contributed by atoms with Crippen molar-refractivity contribution in [3.8, 4) is 17.6 Å². The molecule has 0 aromatic heterocycles. The zero-order valence-corrected chi connectivity index (χ0v) is 12.7. The van der Waals surface area contributed by atoms with Crippen LogP contribution in [0.4, 0.5) is 0 Å². The Balaban J connectivity index is 1.77. The molecule has 1 aromatic rings. The van der Waals surface area contributed by atoms with Crippen LogP contribution in [-0.4, -0.2) is 24.7 Å². The van der Waals surface area contributed by atoms with Crippen LogP contribution in [0.2, 0.25) is 0 Å². The fourth-order valence-corrected chi connectivity index (χ4v) is 3.27. The van der Waals surface area contributed by atoms with Gasteiger partial charge in [0.05, 0.1) is 6.07 Å². The van der Waals surface area contributed by atoms with Crippen molar-refractivity contribution in [3.05, 3.63) is 23.8 Å². The molecule has 5 nitrogen and oxygen atoms in total. The van der Waals surface area contributed by atoms with E-state index in [1.807, 2.05) is 0 Å². The smallest absolute Gasteiger partial charge is 0.252 e. The third kappa shape index (κ3) is 2.87. The lowest BCUT2D eigenvalue weighted by Gasteiger charge is -2.35. The predicted molar refractivity (Wildman–Crippen MR) is 80.9 cm³/mol. The second-order valence-corrected chi connectivity index (χ2v) is 6.21. The molecule has 22 heavy (non-hydrogen) atoms.